The minimum Gasteiger partial charge on any atom is -0.405 e. The lowest BCUT2D eigenvalue weighted by atomic mass is 9.98. The van der Waals surface area contributed by atoms with E-state index in [1.807, 2.05) is 0 Å². The Morgan fingerprint density at radius 1 is 1.22 bits per heavy atom. The third kappa shape index (κ3) is 5.43. The van der Waals surface area contributed by atoms with E-state index in [1.165, 1.54) is 36.7 Å². The predicted octanol–water partition coefficient (Wildman–Crippen LogP) is 3.38. The molecule has 1 amide bonds. The maximum Gasteiger partial charge on any atom is 0.573 e. The second kappa shape index (κ2) is 8.39. The van der Waals surface area contributed by atoms with Crippen LogP contribution >= 0.6 is 0 Å². The van der Waals surface area contributed by atoms with Crippen molar-refractivity contribution in [2.45, 2.75) is 19.2 Å². The first-order chi connectivity index (χ1) is 12.9. The van der Waals surface area contributed by atoms with E-state index >= 15 is 0 Å². The van der Waals surface area contributed by atoms with Crippen molar-refractivity contribution >= 4 is 5.91 Å². The lowest BCUT2D eigenvalue weighted by molar-refractivity contribution is -0.274. The van der Waals surface area contributed by atoms with Gasteiger partial charge in [0.25, 0.3) is 5.91 Å². The number of carbonyl (C=O) groups is 1. The first-order valence-electron chi connectivity index (χ1n) is 8.71. The van der Waals surface area contributed by atoms with Crippen molar-refractivity contribution in [2.24, 2.45) is 5.92 Å². The Balaban J connectivity index is 1.74. The Hall–Kier alpha value is -2.61. The zero-order valence-electron chi connectivity index (χ0n) is 14.6. The molecule has 1 aliphatic heterocycles. The summed E-state index contributed by atoms with van der Waals surface area (Å²) in [5.41, 5.74) is 0.892. The van der Waals surface area contributed by atoms with Gasteiger partial charge in [0.1, 0.15) is 5.75 Å². The van der Waals surface area contributed by atoms with E-state index in [-0.39, 0.29) is 17.2 Å². The van der Waals surface area contributed by atoms with Gasteiger partial charge >= 0.3 is 6.36 Å². The highest BCUT2D eigenvalue weighted by atomic mass is 19.4. The highest BCUT2D eigenvalue weighted by molar-refractivity contribution is 5.95. The zero-order chi connectivity index (χ0) is 19.3. The van der Waals surface area contributed by atoms with Crippen LogP contribution in [0, 0.1) is 5.92 Å². The van der Waals surface area contributed by atoms with Crippen molar-refractivity contribution in [2.75, 3.05) is 19.6 Å². The predicted molar refractivity (Wildman–Crippen MR) is 94.3 cm³/mol. The number of aromatic nitrogens is 1. The first kappa shape index (κ1) is 19.2. The van der Waals surface area contributed by atoms with E-state index in [0.717, 1.165) is 25.9 Å². The number of nitrogens with one attached hydrogen (secondary N) is 2. The summed E-state index contributed by atoms with van der Waals surface area (Å²) in [6, 6.07) is 7.29. The van der Waals surface area contributed by atoms with Crippen molar-refractivity contribution < 1.29 is 22.7 Å². The molecule has 0 aliphatic carbocycles. The summed E-state index contributed by atoms with van der Waals surface area (Å²) in [6.07, 6.45) is 0.00542. The molecule has 0 unspecified atom stereocenters. The molecule has 0 radical (unpaired) electrons. The topological polar surface area (TPSA) is 63.2 Å². The van der Waals surface area contributed by atoms with Crippen molar-refractivity contribution in [1.82, 2.24) is 15.6 Å². The van der Waals surface area contributed by atoms with Crippen LogP contribution in [0.25, 0.3) is 11.1 Å². The molecule has 1 fully saturated rings. The number of piperidine rings is 1. The van der Waals surface area contributed by atoms with Crippen LogP contribution in [0.15, 0.2) is 42.7 Å². The van der Waals surface area contributed by atoms with Crippen LogP contribution in [0.2, 0.25) is 0 Å². The highest BCUT2D eigenvalue weighted by Crippen LogP contribution is 2.33. The minimum atomic E-state index is -4.80. The molecule has 2 aromatic rings. The van der Waals surface area contributed by atoms with Crippen LogP contribution in [0.5, 0.6) is 5.75 Å². The van der Waals surface area contributed by atoms with Gasteiger partial charge in [0.2, 0.25) is 0 Å². The number of carbonyl (C=O) groups excluding carboxylic acids is 1. The van der Waals surface area contributed by atoms with E-state index in [9.17, 15) is 18.0 Å². The number of halogens is 3. The third-order valence-corrected chi connectivity index (χ3v) is 4.43. The van der Waals surface area contributed by atoms with E-state index < -0.39 is 6.36 Å². The van der Waals surface area contributed by atoms with Gasteiger partial charge < -0.3 is 15.4 Å². The maximum atomic E-state index is 12.6. The fourth-order valence-electron chi connectivity index (χ4n) is 3.06. The molecule has 2 heterocycles. The van der Waals surface area contributed by atoms with Gasteiger partial charge in [0.05, 0.1) is 5.56 Å². The Labute approximate surface area is 154 Å². The van der Waals surface area contributed by atoms with Crippen LogP contribution in [0.1, 0.15) is 23.2 Å². The van der Waals surface area contributed by atoms with Gasteiger partial charge in [-0.15, -0.1) is 13.2 Å². The highest BCUT2D eigenvalue weighted by Gasteiger charge is 2.32. The van der Waals surface area contributed by atoms with Gasteiger partial charge in [-0.3, -0.25) is 9.78 Å². The second-order valence-electron chi connectivity index (χ2n) is 6.41. The van der Waals surface area contributed by atoms with Gasteiger partial charge in [0, 0.05) is 30.1 Å². The Morgan fingerprint density at radius 3 is 2.70 bits per heavy atom. The van der Waals surface area contributed by atoms with E-state index in [1.54, 1.807) is 6.07 Å². The summed E-state index contributed by atoms with van der Waals surface area (Å²) in [4.78, 5) is 16.4. The molecular weight excluding hydrogens is 359 g/mol. The fraction of sp³-hybridized carbons (Fsp3) is 0.368. The normalized spacial score (nSPS) is 15.4. The van der Waals surface area contributed by atoms with Crippen LogP contribution in [0.4, 0.5) is 13.2 Å². The molecular formula is C19H20F3N3O2. The summed E-state index contributed by atoms with van der Waals surface area (Å²) in [5, 5.41) is 6.15. The monoisotopic (exact) mass is 379 g/mol. The summed E-state index contributed by atoms with van der Waals surface area (Å²) < 4.78 is 41.9. The Kier molecular flexibility index (Phi) is 5.95. The lowest BCUT2D eigenvalue weighted by Crippen LogP contribution is -2.36. The lowest BCUT2D eigenvalue weighted by Gasteiger charge is -2.22. The van der Waals surface area contributed by atoms with Crippen molar-refractivity contribution in [3.63, 3.8) is 0 Å². The molecule has 0 spiro atoms. The quantitative estimate of drug-likeness (QED) is 0.836. The Morgan fingerprint density at radius 2 is 1.96 bits per heavy atom. The van der Waals surface area contributed by atoms with Gasteiger partial charge in [-0.25, -0.2) is 0 Å². The summed E-state index contributed by atoms with van der Waals surface area (Å²) in [6.45, 7) is 2.44. The summed E-state index contributed by atoms with van der Waals surface area (Å²) in [5.74, 6) is -0.205. The molecule has 1 aromatic heterocycles. The van der Waals surface area contributed by atoms with E-state index in [4.69, 9.17) is 0 Å². The molecule has 2 N–H and O–H groups in total. The van der Waals surface area contributed by atoms with Gasteiger partial charge in [-0.2, -0.15) is 0 Å². The van der Waals surface area contributed by atoms with Gasteiger partial charge in [-0.05, 0) is 44.0 Å². The Bertz CT molecular complexity index is 790. The minimum absolute atomic E-state index is 0.218. The number of pyridine rings is 1. The molecule has 1 aliphatic rings. The zero-order valence-corrected chi connectivity index (χ0v) is 14.6. The number of amides is 1. The molecule has 1 aromatic carbocycles. The summed E-state index contributed by atoms with van der Waals surface area (Å²) >= 11 is 0. The molecule has 5 nitrogen and oxygen atoms in total. The van der Waals surface area contributed by atoms with Crippen molar-refractivity contribution in [3.05, 3.63) is 48.3 Å². The average Bonchev–Trinajstić information content (AvgIpc) is 2.66. The van der Waals surface area contributed by atoms with Crippen LogP contribution < -0.4 is 15.4 Å². The van der Waals surface area contributed by atoms with E-state index in [0.29, 0.717) is 23.6 Å². The average molecular weight is 379 g/mol. The molecule has 1 saturated heterocycles. The van der Waals surface area contributed by atoms with Crippen LogP contribution in [0.3, 0.4) is 0 Å². The third-order valence-electron chi connectivity index (χ3n) is 4.43. The first-order valence-corrected chi connectivity index (χ1v) is 8.71. The fourth-order valence-corrected chi connectivity index (χ4v) is 3.06. The molecule has 144 valence electrons. The standard InChI is InChI=1S/C19H20F3N3O2/c20-19(21,22)27-17-4-2-1-3-16(17)14-9-15(12-24-11-14)18(26)25-10-13-5-7-23-8-6-13/h1-4,9,11-13,23H,5-8,10H2,(H,25,26). The van der Waals surface area contributed by atoms with Crippen molar-refractivity contribution in [3.8, 4) is 16.9 Å². The number of alkyl halides is 3. The van der Waals surface area contributed by atoms with Crippen LogP contribution in [-0.4, -0.2) is 36.9 Å². The molecule has 27 heavy (non-hydrogen) atoms. The second-order valence-corrected chi connectivity index (χ2v) is 6.41. The van der Waals surface area contributed by atoms with Crippen LogP contribution in [-0.2, 0) is 0 Å². The smallest absolute Gasteiger partial charge is 0.405 e. The molecule has 0 saturated carbocycles. The molecule has 3 rings (SSSR count). The number of benzene rings is 1. The molecule has 0 bridgehead atoms. The number of hydrogen-bond acceptors (Lipinski definition) is 4. The van der Waals surface area contributed by atoms with Crippen molar-refractivity contribution in [1.29, 1.82) is 0 Å². The van der Waals surface area contributed by atoms with E-state index in [2.05, 4.69) is 20.4 Å². The number of nitrogens with zero attached hydrogens (tertiary/aromatic N) is 1. The SMILES string of the molecule is O=C(NCC1CCNCC1)c1cncc(-c2ccccc2OC(F)(F)F)c1. The largest absolute Gasteiger partial charge is 0.573 e. The maximum absolute atomic E-state index is 12.6. The molecule has 0 atom stereocenters. The number of rotatable bonds is 5. The van der Waals surface area contributed by atoms with Gasteiger partial charge in [-0.1, -0.05) is 18.2 Å². The van der Waals surface area contributed by atoms with Gasteiger partial charge in [0.15, 0.2) is 0 Å². The summed E-state index contributed by atoms with van der Waals surface area (Å²) in [7, 11) is 0. The number of ether oxygens (including phenoxy) is 1. The number of hydrogen-bond donors (Lipinski definition) is 2. The molecule has 8 heteroatoms. The number of para-hydroxylation sites is 1.